The zero-order valence-electron chi connectivity index (χ0n) is 10.1. The zero-order valence-corrected chi connectivity index (χ0v) is 14.1. The van der Waals surface area contributed by atoms with Gasteiger partial charge in [-0.25, -0.2) is 0 Å². The Morgan fingerprint density at radius 3 is 2.50 bits per heavy atom. The molecule has 0 amide bonds. The van der Waals surface area contributed by atoms with Crippen LogP contribution in [0.2, 0.25) is 0 Å². The number of halogens is 2. The lowest BCUT2D eigenvalue weighted by Crippen LogP contribution is -1.90. The standard InChI is InChI=1S/C13H20Br2S/c1-3-4-5-6-7-8-12(14)11-9-13(15)16-10(11)2/h9,12H,3-8H2,1-2H3. The predicted molar refractivity (Wildman–Crippen MR) is 81.8 cm³/mol. The van der Waals surface area contributed by atoms with E-state index in [1.807, 2.05) is 11.3 Å². The third-order valence-corrected chi connectivity index (χ3v) is 5.35. The van der Waals surface area contributed by atoms with E-state index in [4.69, 9.17) is 0 Å². The van der Waals surface area contributed by atoms with Crippen LogP contribution in [0, 0.1) is 6.92 Å². The van der Waals surface area contributed by atoms with Gasteiger partial charge in [-0.05, 0) is 40.9 Å². The third kappa shape index (κ3) is 4.89. The van der Waals surface area contributed by atoms with Gasteiger partial charge in [-0.3, -0.25) is 0 Å². The van der Waals surface area contributed by atoms with Crippen LogP contribution in [0.4, 0.5) is 0 Å². The minimum atomic E-state index is 0.539. The van der Waals surface area contributed by atoms with Gasteiger partial charge in [0.1, 0.15) is 0 Å². The first kappa shape index (κ1) is 14.7. The summed E-state index contributed by atoms with van der Waals surface area (Å²) in [4.78, 5) is 1.97. The molecule has 0 saturated heterocycles. The molecule has 1 rings (SSSR count). The highest BCUT2D eigenvalue weighted by molar-refractivity contribution is 9.11. The molecule has 0 aromatic carbocycles. The molecule has 1 unspecified atom stereocenters. The Hall–Kier alpha value is 0.660. The van der Waals surface area contributed by atoms with Crippen molar-refractivity contribution in [3.05, 3.63) is 20.3 Å². The summed E-state index contributed by atoms with van der Waals surface area (Å²) >= 11 is 9.19. The van der Waals surface area contributed by atoms with Crippen LogP contribution < -0.4 is 0 Å². The SMILES string of the molecule is CCCCCCCC(Br)c1cc(Br)sc1C. The number of hydrogen-bond acceptors (Lipinski definition) is 1. The lowest BCUT2D eigenvalue weighted by atomic mass is 10.1. The summed E-state index contributed by atoms with van der Waals surface area (Å²) in [5, 5.41) is 0. The highest BCUT2D eigenvalue weighted by atomic mass is 79.9. The van der Waals surface area contributed by atoms with Crippen molar-refractivity contribution in [2.24, 2.45) is 0 Å². The van der Waals surface area contributed by atoms with Crippen LogP contribution in [-0.2, 0) is 0 Å². The Morgan fingerprint density at radius 2 is 1.94 bits per heavy atom. The zero-order chi connectivity index (χ0) is 12.0. The number of hydrogen-bond donors (Lipinski definition) is 0. The highest BCUT2D eigenvalue weighted by Gasteiger charge is 2.12. The van der Waals surface area contributed by atoms with Crippen LogP contribution in [0.25, 0.3) is 0 Å². The molecule has 0 spiro atoms. The maximum Gasteiger partial charge on any atom is 0.0704 e. The molecular formula is C13H20Br2S. The van der Waals surface area contributed by atoms with Gasteiger partial charge in [0.05, 0.1) is 3.79 Å². The molecule has 0 aliphatic carbocycles. The molecule has 92 valence electrons. The summed E-state index contributed by atoms with van der Waals surface area (Å²) in [5.41, 5.74) is 1.47. The minimum Gasteiger partial charge on any atom is -0.133 e. The third-order valence-electron chi connectivity index (χ3n) is 2.82. The summed E-state index contributed by atoms with van der Waals surface area (Å²) in [6, 6.07) is 2.26. The molecule has 0 N–H and O–H groups in total. The lowest BCUT2D eigenvalue weighted by molar-refractivity contribution is 0.606. The second-order valence-corrected chi connectivity index (χ2v) is 7.97. The molecule has 1 heterocycles. The molecule has 0 aliphatic rings. The summed E-state index contributed by atoms with van der Waals surface area (Å²) in [6.07, 6.45) is 8.07. The van der Waals surface area contributed by atoms with E-state index < -0.39 is 0 Å². The number of aryl methyl sites for hydroxylation is 1. The first-order valence-electron chi connectivity index (χ1n) is 6.05. The summed E-state index contributed by atoms with van der Waals surface area (Å²) in [5.74, 6) is 0. The largest absolute Gasteiger partial charge is 0.133 e. The van der Waals surface area contributed by atoms with Gasteiger partial charge in [0, 0.05) is 9.70 Å². The van der Waals surface area contributed by atoms with Crippen molar-refractivity contribution in [3.63, 3.8) is 0 Å². The average Bonchev–Trinajstić information content (AvgIpc) is 2.57. The lowest BCUT2D eigenvalue weighted by Gasteiger charge is -2.09. The second kappa shape index (κ2) is 7.88. The smallest absolute Gasteiger partial charge is 0.0704 e. The fourth-order valence-corrected chi connectivity index (χ4v) is 4.58. The van der Waals surface area contributed by atoms with Gasteiger partial charge in [-0.15, -0.1) is 11.3 Å². The molecule has 0 radical (unpaired) electrons. The Bertz CT molecular complexity index is 307. The predicted octanol–water partition coefficient (Wildman–Crippen LogP) is 6.62. The van der Waals surface area contributed by atoms with Crippen LogP contribution in [0.3, 0.4) is 0 Å². The van der Waals surface area contributed by atoms with E-state index in [1.165, 1.54) is 52.8 Å². The second-order valence-electron chi connectivity index (χ2n) is 4.23. The Balaban J connectivity index is 2.29. The van der Waals surface area contributed by atoms with Gasteiger partial charge in [0.2, 0.25) is 0 Å². The summed E-state index contributed by atoms with van der Waals surface area (Å²) < 4.78 is 1.25. The van der Waals surface area contributed by atoms with Crippen molar-refractivity contribution in [3.8, 4) is 0 Å². The van der Waals surface area contributed by atoms with Crippen LogP contribution in [-0.4, -0.2) is 0 Å². The molecule has 0 bridgehead atoms. The van der Waals surface area contributed by atoms with Crippen molar-refractivity contribution in [1.29, 1.82) is 0 Å². The van der Waals surface area contributed by atoms with E-state index in [9.17, 15) is 0 Å². The molecule has 3 heteroatoms. The molecule has 16 heavy (non-hydrogen) atoms. The molecular weight excluding hydrogens is 348 g/mol. The first-order valence-corrected chi connectivity index (χ1v) is 8.57. The van der Waals surface area contributed by atoms with E-state index in [0.717, 1.165) is 0 Å². The number of rotatable bonds is 7. The van der Waals surface area contributed by atoms with Gasteiger partial charge >= 0.3 is 0 Å². The van der Waals surface area contributed by atoms with Crippen molar-refractivity contribution in [1.82, 2.24) is 0 Å². The fourth-order valence-electron chi connectivity index (χ4n) is 1.85. The Labute approximate surface area is 120 Å². The molecule has 1 atom stereocenters. The normalized spacial score (nSPS) is 13.0. The van der Waals surface area contributed by atoms with E-state index in [1.54, 1.807) is 0 Å². The molecule has 0 fully saturated rings. The fraction of sp³-hybridized carbons (Fsp3) is 0.692. The van der Waals surface area contributed by atoms with Gasteiger partial charge in [-0.1, -0.05) is 55.0 Å². The molecule has 1 aromatic rings. The van der Waals surface area contributed by atoms with Crippen molar-refractivity contribution in [2.75, 3.05) is 0 Å². The monoisotopic (exact) mass is 366 g/mol. The maximum atomic E-state index is 3.81. The van der Waals surface area contributed by atoms with Crippen LogP contribution in [0.5, 0.6) is 0 Å². The highest BCUT2D eigenvalue weighted by Crippen LogP contribution is 2.37. The van der Waals surface area contributed by atoms with Crippen LogP contribution in [0.1, 0.15) is 60.7 Å². The van der Waals surface area contributed by atoms with Gasteiger partial charge in [-0.2, -0.15) is 0 Å². The van der Waals surface area contributed by atoms with E-state index in [-0.39, 0.29) is 0 Å². The molecule has 0 nitrogen and oxygen atoms in total. The number of alkyl halides is 1. The van der Waals surface area contributed by atoms with E-state index in [0.29, 0.717) is 4.83 Å². The maximum absolute atomic E-state index is 3.81. The van der Waals surface area contributed by atoms with Gasteiger partial charge in [0.15, 0.2) is 0 Å². The minimum absolute atomic E-state index is 0.539. The van der Waals surface area contributed by atoms with Gasteiger partial charge in [0.25, 0.3) is 0 Å². The quantitative estimate of drug-likeness (QED) is 0.375. The Morgan fingerprint density at radius 1 is 1.25 bits per heavy atom. The van der Waals surface area contributed by atoms with E-state index in [2.05, 4.69) is 51.8 Å². The molecule has 0 saturated carbocycles. The molecule has 1 aromatic heterocycles. The number of unbranched alkanes of at least 4 members (excludes halogenated alkanes) is 4. The molecule has 0 aliphatic heterocycles. The average molecular weight is 368 g/mol. The first-order chi connectivity index (χ1) is 7.65. The Kier molecular flexibility index (Phi) is 7.25. The van der Waals surface area contributed by atoms with Crippen molar-refractivity contribution < 1.29 is 0 Å². The van der Waals surface area contributed by atoms with Crippen LogP contribution in [0.15, 0.2) is 9.85 Å². The van der Waals surface area contributed by atoms with Crippen molar-refractivity contribution >= 4 is 43.2 Å². The van der Waals surface area contributed by atoms with Crippen molar-refractivity contribution in [2.45, 2.75) is 57.2 Å². The van der Waals surface area contributed by atoms with E-state index >= 15 is 0 Å². The summed E-state index contributed by atoms with van der Waals surface area (Å²) in [7, 11) is 0. The number of thiophene rings is 1. The summed E-state index contributed by atoms with van der Waals surface area (Å²) in [6.45, 7) is 4.47. The van der Waals surface area contributed by atoms with Gasteiger partial charge < -0.3 is 0 Å². The van der Waals surface area contributed by atoms with Crippen LogP contribution >= 0.6 is 43.2 Å². The topological polar surface area (TPSA) is 0 Å².